The van der Waals surface area contributed by atoms with E-state index in [2.05, 4.69) is 15.4 Å². The van der Waals surface area contributed by atoms with Gasteiger partial charge in [0.25, 0.3) is 5.91 Å². The highest BCUT2D eigenvalue weighted by Crippen LogP contribution is 2.25. The first-order valence-electron chi connectivity index (χ1n) is 9.56. The number of aromatic nitrogens is 3. The maximum atomic E-state index is 13.7. The van der Waals surface area contributed by atoms with Gasteiger partial charge in [0.1, 0.15) is 11.6 Å². The molecule has 4 aromatic rings. The van der Waals surface area contributed by atoms with Crippen LogP contribution in [-0.2, 0) is 0 Å². The Kier molecular flexibility index (Phi) is 5.70. The van der Waals surface area contributed by atoms with Gasteiger partial charge in [-0.2, -0.15) is 4.98 Å². The van der Waals surface area contributed by atoms with Crippen LogP contribution >= 0.6 is 0 Å². The second-order valence-corrected chi connectivity index (χ2v) is 6.58. The highest BCUT2D eigenvalue weighted by atomic mass is 19.1. The van der Waals surface area contributed by atoms with Crippen molar-refractivity contribution in [1.82, 2.24) is 14.8 Å². The molecule has 3 aromatic carbocycles. The Morgan fingerprint density at radius 3 is 2.39 bits per heavy atom. The van der Waals surface area contributed by atoms with Crippen molar-refractivity contribution in [2.24, 2.45) is 0 Å². The van der Waals surface area contributed by atoms with E-state index in [0.717, 1.165) is 0 Å². The Balaban J connectivity index is 1.62. The first-order valence-corrected chi connectivity index (χ1v) is 9.56. The number of carbonyl (C=O) groups is 1. The number of nitrogens with one attached hydrogen (secondary N) is 1. The first-order chi connectivity index (χ1) is 15.0. The summed E-state index contributed by atoms with van der Waals surface area (Å²) in [6.45, 7) is 2.20. The van der Waals surface area contributed by atoms with E-state index in [9.17, 15) is 13.6 Å². The number of anilines is 1. The Hall–Kier alpha value is -4.07. The molecule has 0 bridgehead atoms. The van der Waals surface area contributed by atoms with Crippen LogP contribution in [-0.4, -0.2) is 27.3 Å². The van der Waals surface area contributed by atoms with Gasteiger partial charge in [-0.1, -0.05) is 18.2 Å². The number of rotatable bonds is 6. The topological polar surface area (TPSA) is 69.0 Å². The van der Waals surface area contributed by atoms with Gasteiger partial charge in [-0.3, -0.25) is 4.79 Å². The molecule has 8 heteroatoms. The molecule has 31 heavy (non-hydrogen) atoms. The van der Waals surface area contributed by atoms with Crippen molar-refractivity contribution >= 4 is 11.6 Å². The van der Waals surface area contributed by atoms with Gasteiger partial charge in [-0.25, -0.2) is 13.5 Å². The van der Waals surface area contributed by atoms with Crippen molar-refractivity contribution in [3.63, 3.8) is 0 Å². The second kappa shape index (κ2) is 8.74. The summed E-state index contributed by atoms with van der Waals surface area (Å²) in [5.41, 5.74) is 1.92. The number of halogens is 2. The van der Waals surface area contributed by atoms with E-state index < -0.39 is 11.7 Å². The van der Waals surface area contributed by atoms with E-state index in [1.54, 1.807) is 36.4 Å². The molecule has 0 saturated carbocycles. The van der Waals surface area contributed by atoms with E-state index in [4.69, 9.17) is 4.74 Å². The van der Waals surface area contributed by atoms with Crippen LogP contribution in [0, 0.1) is 11.6 Å². The maximum absolute atomic E-state index is 13.7. The molecule has 0 aliphatic heterocycles. The molecule has 156 valence electrons. The summed E-state index contributed by atoms with van der Waals surface area (Å²) in [4.78, 5) is 16.7. The van der Waals surface area contributed by atoms with Gasteiger partial charge in [0.05, 0.1) is 12.3 Å². The number of benzene rings is 3. The summed E-state index contributed by atoms with van der Waals surface area (Å²) in [6, 6.07) is 18.5. The Bertz CT molecular complexity index is 1220. The average molecular weight is 420 g/mol. The summed E-state index contributed by atoms with van der Waals surface area (Å²) in [6.07, 6.45) is 0. The fraction of sp³-hybridized carbons (Fsp3) is 0.0870. The monoisotopic (exact) mass is 420 g/mol. The molecule has 0 unspecified atom stereocenters. The highest BCUT2D eigenvalue weighted by molar-refractivity contribution is 6.04. The van der Waals surface area contributed by atoms with Crippen LogP contribution in [0.2, 0.25) is 0 Å². The Labute approximate surface area is 177 Å². The minimum absolute atomic E-state index is 0.172. The summed E-state index contributed by atoms with van der Waals surface area (Å²) in [5, 5.41) is 7.07. The molecule has 0 aliphatic carbocycles. The molecule has 0 saturated heterocycles. The van der Waals surface area contributed by atoms with Gasteiger partial charge in [0, 0.05) is 16.8 Å². The zero-order chi connectivity index (χ0) is 21.8. The number of amides is 1. The quantitative estimate of drug-likeness (QED) is 0.484. The fourth-order valence-corrected chi connectivity index (χ4v) is 3.00. The number of ether oxygens (including phenoxy) is 1. The third-order valence-corrected chi connectivity index (χ3v) is 4.40. The first kappa shape index (κ1) is 20.2. The molecule has 0 atom stereocenters. The predicted molar refractivity (Wildman–Crippen MR) is 112 cm³/mol. The number of nitrogens with zero attached hydrogens (tertiary/aromatic N) is 3. The summed E-state index contributed by atoms with van der Waals surface area (Å²) < 4.78 is 34.0. The fourth-order valence-electron chi connectivity index (χ4n) is 3.00. The van der Waals surface area contributed by atoms with E-state index in [1.165, 1.54) is 41.1 Å². The molecule has 0 aliphatic rings. The van der Waals surface area contributed by atoms with E-state index in [-0.39, 0.29) is 17.4 Å². The van der Waals surface area contributed by atoms with Gasteiger partial charge < -0.3 is 10.1 Å². The molecule has 6 nitrogen and oxygen atoms in total. The molecule has 0 spiro atoms. The lowest BCUT2D eigenvalue weighted by Gasteiger charge is -2.09. The lowest BCUT2D eigenvalue weighted by molar-refractivity contribution is 0.102. The third-order valence-electron chi connectivity index (χ3n) is 4.40. The molecule has 1 N–H and O–H groups in total. The minimum atomic E-state index is -0.482. The molecule has 4 rings (SSSR count). The van der Waals surface area contributed by atoms with Gasteiger partial charge in [0.2, 0.25) is 0 Å². The molecular weight excluding hydrogens is 402 g/mol. The average Bonchev–Trinajstić information content (AvgIpc) is 3.18. The summed E-state index contributed by atoms with van der Waals surface area (Å²) >= 11 is 0. The Morgan fingerprint density at radius 2 is 1.71 bits per heavy atom. The van der Waals surface area contributed by atoms with Gasteiger partial charge in [-0.15, -0.1) is 5.10 Å². The smallest absolute Gasteiger partial charge is 0.336 e. The predicted octanol–water partition coefficient (Wildman–Crippen LogP) is 4.86. The van der Waals surface area contributed by atoms with E-state index in [0.29, 0.717) is 29.4 Å². The molecule has 1 aromatic heterocycles. The van der Waals surface area contributed by atoms with Crippen LogP contribution in [0.25, 0.3) is 17.1 Å². The zero-order valence-corrected chi connectivity index (χ0v) is 16.5. The van der Waals surface area contributed by atoms with Crippen LogP contribution in [0.5, 0.6) is 6.01 Å². The highest BCUT2D eigenvalue weighted by Gasteiger charge is 2.15. The molecule has 0 radical (unpaired) electrons. The largest absolute Gasteiger partial charge is 0.463 e. The van der Waals surface area contributed by atoms with Gasteiger partial charge in [-0.05, 0) is 61.5 Å². The van der Waals surface area contributed by atoms with Crippen molar-refractivity contribution in [2.75, 3.05) is 11.9 Å². The van der Waals surface area contributed by atoms with Crippen LogP contribution in [0.3, 0.4) is 0 Å². The molecular formula is C23H18F2N4O2. The van der Waals surface area contributed by atoms with Crippen LogP contribution < -0.4 is 10.1 Å². The van der Waals surface area contributed by atoms with Crippen molar-refractivity contribution < 1.29 is 18.3 Å². The summed E-state index contributed by atoms with van der Waals surface area (Å²) in [7, 11) is 0. The minimum Gasteiger partial charge on any atom is -0.463 e. The van der Waals surface area contributed by atoms with Crippen LogP contribution in [0.1, 0.15) is 17.3 Å². The second-order valence-electron chi connectivity index (χ2n) is 6.58. The van der Waals surface area contributed by atoms with Gasteiger partial charge >= 0.3 is 6.01 Å². The number of hydrogen-bond donors (Lipinski definition) is 1. The Morgan fingerprint density at radius 1 is 1.00 bits per heavy atom. The number of hydrogen-bond acceptors (Lipinski definition) is 4. The molecule has 1 heterocycles. The normalized spacial score (nSPS) is 10.7. The SMILES string of the molecule is CCOc1nc(-c2cccc(F)c2)n(-c2ccc(NC(=O)c3cccc(F)c3)cc2)n1. The van der Waals surface area contributed by atoms with Gasteiger partial charge in [0.15, 0.2) is 5.82 Å². The maximum Gasteiger partial charge on any atom is 0.336 e. The van der Waals surface area contributed by atoms with Crippen molar-refractivity contribution in [1.29, 1.82) is 0 Å². The van der Waals surface area contributed by atoms with Crippen molar-refractivity contribution in [3.8, 4) is 23.1 Å². The summed E-state index contributed by atoms with van der Waals surface area (Å²) in [5.74, 6) is -0.879. The standard InChI is InChI=1S/C23H18F2N4O2/c1-2-31-23-27-21(15-5-3-7-17(24)13-15)29(28-23)20-11-9-19(10-12-20)26-22(30)16-6-4-8-18(25)14-16/h3-14H,2H2,1H3,(H,26,30). The van der Waals surface area contributed by atoms with Crippen molar-refractivity contribution in [3.05, 3.63) is 90.0 Å². The zero-order valence-electron chi connectivity index (χ0n) is 16.5. The lowest BCUT2D eigenvalue weighted by atomic mass is 10.2. The van der Waals surface area contributed by atoms with Crippen molar-refractivity contribution in [2.45, 2.75) is 6.92 Å². The van der Waals surface area contributed by atoms with E-state index >= 15 is 0 Å². The molecule has 0 fully saturated rings. The number of carbonyl (C=O) groups excluding carboxylic acids is 1. The van der Waals surface area contributed by atoms with Crippen LogP contribution in [0.15, 0.2) is 72.8 Å². The van der Waals surface area contributed by atoms with E-state index in [1.807, 2.05) is 6.92 Å². The lowest BCUT2D eigenvalue weighted by Crippen LogP contribution is -2.12. The molecule has 1 amide bonds. The van der Waals surface area contributed by atoms with Crippen LogP contribution in [0.4, 0.5) is 14.5 Å². The third kappa shape index (κ3) is 4.58.